The van der Waals surface area contributed by atoms with Gasteiger partial charge in [-0.05, 0) is 30.2 Å². The summed E-state index contributed by atoms with van der Waals surface area (Å²) in [7, 11) is -3.36. The van der Waals surface area contributed by atoms with E-state index in [1.807, 2.05) is 0 Å². The van der Waals surface area contributed by atoms with Crippen LogP contribution in [0.2, 0.25) is 0 Å². The minimum atomic E-state index is -4.41. The first-order valence-corrected chi connectivity index (χ1v) is 7.53. The van der Waals surface area contributed by atoms with Crippen molar-refractivity contribution >= 4 is 9.84 Å². The molecule has 3 nitrogen and oxygen atoms in total. The summed E-state index contributed by atoms with van der Waals surface area (Å²) in [5, 5.41) is 0. The van der Waals surface area contributed by atoms with E-state index < -0.39 is 21.6 Å². The molecule has 0 aromatic heterocycles. The molecule has 7 heteroatoms. The first-order chi connectivity index (χ1) is 8.64. The van der Waals surface area contributed by atoms with Crippen LogP contribution in [0.4, 0.5) is 13.2 Å². The van der Waals surface area contributed by atoms with Crippen LogP contribution in [0.25, 0.3) is 0 Å². The quantitative estimate of drug-likeness (QED) is 0.906. The molecule has 2 N–H and O–H groups in total. The number of nitrogens with two attached hydrogens (primary N) is 1. The van der Waals surface area contributed by atoms with Crippen LogP contribution in [0.3, 0.4) is 0 Å². The van der Waals surface area contributed by atoms with Gasteiger partial charge in [-0.3, -0.25) is 0 Å². The Morgan fingerprint density at radius 2 is 1.74 bits per heavy atom. The summed E-state index contributed by atoms with van der Waals surface area (Å²) in [5.74, 6) is -0.501. The third kappa shape index (κ3) is 5.20. The van der Waals surface area contributed by atoms with Crippen molar-refractivity contribution in [2.24, 2.45) is 11.7 Å². The van der Waals surface area contributed by atoms with Crippen molar-refractivity contribution in [3.63, 3.8) is 0 Å². The number of hydrogen-bond acceptors (Lipinski definition) is 3. The molecule has 0 saturated carbocycles. The van der Waals surface area contributed by atoms with Crippen LogP contribution in [0.1, 0.15) is 18.1 Å². The molecule has 1 rings (SSSR count). The third-order valence-electron chi connectivity index (χ3n) is 2.61. The van der Waals surface area contributed by atoms with Gasteiger partial charge in [0.15, 0.2) is 9.84 Å². The van der Waals surface area contributed by atoms with Gasteiger partial charge in [0, 0.05) is 0 Å². The summed E-state index contributed by atoms with van der Waals surface area (Å²) in [4.78, 5) is 0. The number of hydrogen-bond donors (Lipinski definition) is 1. The van der Waals surface area contributed by atoms with Gasteiger partial charge in [-0.15, -0.1) is 0 Å². The lowest BCUT2D eigenvalue weighted by molar-refractivity contribution is -0.137. The molecule has 0 heterocycles. The Bertz CT molecular complexity index is 509. The molecule has 0 aliphatic rings. The first kappa shape index (κ1) is 16.0. The standard InChI is InChI=1S/C12H16F3NO2S/c1-9(6-16)7-19(17,18)8-10-2-4-11(5-3-10)12(13,14)15/h2-5,9H,6-8,16H2,1H3. The minimum Gasteiger partial charge on any atom is -0.330 e. The van der Waals surface area contributed by atoms with Crippen molar-refractivity contribution in [3.05, 3.63) is 35.4 Å². The number of rotatable bonds is 5. The van der Waals surface area contributed by atoms with Gasteiger partial charge in [0.1, 0.15) is 0 Å². The topological polar surface area (TPSA) is 60.2 Å². The SMILES string of the molecule is CC(CN)CS(=O)(=O)Cc1ccc(C(F)(F)F)cc1. The molecule has 0 amide bonds. The average molecular weight is 295 g/mol. The third-order valence-corrected chi connectivity index (χ3v) is 4.46. The second-order valence-corrected chi connectivity index (χ2v) is 6.70. The summed E-state index contributed by atoms with van der Waals surface area (Å²) in [6.45, 7) is 1.97. The molecule has 0 aliphatic carbocycles. The smallest absolute Gasteiger partial charge is 0.330 e. The van der Waals surface area contributed by atoms with Gasteiger partial charge in [0.2, 0.25) is 0 Å². The van der Waals surface area contributed by atoms with E-state index in [0.29, 0.717) is 5.56 Å². The zero-order valence-electron chi connectivity index (χ0n) is 10.4. The molecular formula is C12H16F3NO2S. The fourth-order valence-corrected chi connectivity index (χ4v) is 3.43. The zero-order chi connectivity index (χ0) is 14.7. The van der Waals surface area contributed by atoms with E-state index in [0.717, 1.165) is 12.1 Å². The second-order valence-electron chi connectivity index (χ2n) is 4.59. The van der Waals surface area contributed by atoms with Gasteiger partial charge in [0.05, 0.1) is 17.1 Å². The first-order valence-electron chi connectivity index (χ1n) is 5.70. The summed E-state index contributed by atoms with van der Waals surface area (Å²) >= 11 is 0. The Hall–Kier alpha value is -1.08. The average Bonchev–Trinajstić information content (AvgIpc) is 2.27. The van der Waals surface area contributed by atoms with Crippen LogP contribution < -0.4 is 5.73 Å². The summed E-state index contributed by atoms with van der Waals surface area (Å²) in [6.07, 6.45) is -4.41. The van der Waals surface area contributed by atoms with Crippen LogP contribution in [0, 0.1) is 5.92 Å². The van der Waals surface area contributed by atoms with Crippen LogP contribution in [-0.4, -0.2) is 20.7 Å². The maximum absolute atomic E-state index is 12.3. The van der Waals surface area contributed by atoms with Crippen molar-refractivity contribution < 1.29 is 21.6 Å². The Morgan fingerprint density at radius 1 is 1.21 bits per heavy atom. The van der Waals surface area contributed by atoms with Crippen molar-refractivity contribution in [1.29, 1.82) is 0 Å². The van der Waals surface area contributed by atoms with Crippen LogP contribution in [-0.2, 0) is 21.8 Å². The summed E-state index contributed by atoms with van der Waals surface area (Å²) in [5.41, 5.74) is 4.91. The zero-order valence-corrected chi connectivity index (χ0v) is 11.3. The maximum atomic E-state index is 12.3. The number of halogens is 3. The number of alkyl halides is 3. The monoisotopic (exact) mass is 295 g/mol. The highest BCUT2D eigenvalue weighted by Gasteiger charge is 2.30. The van der Waals surface area contributed by atoms with Crippen LogP contribution >= 0.6 is 0 Å². The van der Waals surface area contributed by atoms with Crippen molar-refractivity contribution in [1.82, 2.24) is 0 Å². The fourth-order valence-electron chi connectivity index (χ4n) is 1.60. The van der Waals surface area contributed by atoms with E-state index in [1.54, 1.807) is 6.92 Å². The molecule has 0 spiro atoms. The lowest BCUT2D eigenvalue weighted by atomic mass is 10.1. The van der Waals surface area contributed by atoms with E-state index in [4.69, 9.17) is 5.73 Å². The molecule has 1 aromatic carbocycles. The largest absolute Gasteiger partial charge is 0.416 e. The second kappa shape index (κ2) is 5.92. The predicted molar refractivity (Wildman–Crippen MR) is 67.2 cm³/mol. The van der Waals surface area contributed by atoms with Crippen LogP contribution in [0.15, 0.2) is 24.3 Å². The molecule has 0 radical (unpaired) electrons. The Morgan fingerprint density at radius 3 is 2.16 bits per heavy atom. The fraction of sp³-hybridized carbons (Fsp3) is 0.500. The molecule has 108 valence electrons. The van der Waals surface area contributed by atoms with E-state index in [-0.39, 0.29) is 24.0 Å². The summed E-state index contributed by atoms with van der Waals surface area (Å²) in [6, 6.07) is 4.15. The molecule has 1 aromatic rings. The molecule has 0 fully saturated rings. The molecule has 0 aliphatic heterocycles. The molecule has 1 atom stereocenters. The lowest BCUT2D eigenvalue weighted by Crippen LogP contribution is -2.22. The molecule has 0 bridgehead atoms. The number of sulfone groups is 1. The van der Waals surface area contributed by atoms with E-state index in [9.17, 15) is 21.6 Å². The van der Waals surface area contributed by atoms with E-state index in [1.165, 1.54) is 12.1 Å². The molecular weight excluding hydrogens is 279 g/mol. The highest BCUT2D eigenvalue weighted by atomic mass is 32.2. The maximum Gasteiger partial charge on any atom is 0.416 e. The normalized spacial score (nSPS) is 14.4. The van der Waals surface area contributed by atoms with Gasteiger partial charge in [-0.25, -0.2) is 8.42 Å². The molecule has 19 heavy (non-hydrogen) atoms. The van der Waals surface area contributed by atoms with Crippen molar-refractivity contribution in [2.45, 2.75) is 18.9 Å². The summed E-state index contributed by atoms with van der Waals surface area (Å²) < 4.78 is 60.6. The van der Waals surface area contributed by atoms with Crippen molar-refractivity contribution in [3.8, 4) is 0 Å². The van der Waals surface area contributed by atoms with Gasteiger partial charge in [0.25, 0.3) is 0 Å². The lowest BCUT2D eigenvalue weighted by Gasteiger charge is -2.10. The minimum absolute atomic E-state index is 0.0650. The highest BCUT2D eigenvalue weighted by Crippen LogP contribution is 2.29. The van der Waals surface area contributed by atoms with E-state index >= 15 is 0 Å². The Labute approximate surface area is 110 Å². The van der Waals surface area contributed by atoms with Gasteiger partial charge in [-0.2, -0.15) is 13.2 Å². The highest BCUT2D eigenvalue weighted by molar-refractivity contribution is 7.90. The predicted octanol–water partition coefficient (Wildman–Crippen LogP) is 2.22. The Balaban J connectivity index is 2.78. The van der Waals surface area contributed by atoms with Crippen molar-refractivity contribution in [2.75, 3.05) is 12.3 Å². The van der Waals surface area contributed by atoms with E-state index in [2.05, 4.69) is 0 Å². The Kier molecular flexibility index (Phi) is 4.98. The van der Waals surface area contributed by atoms with Crippen LogP contribution in [0.5, 0.6) is 0 Å². The number of benzene rings is 1. The van der Waals surface area contributed by atoms with Gasteiger partial charge < -0.3 is 5.73 Å². The molecule has 1 unspecified atom stereocenters. The van der Waals surface area contributed by atoms with Gasteiger partial charge in [-0.1, -0.05) is 19.1 Å². The molecule has 0 saturated heterocycles. The van der Waals surface area contributed by atoms with Gasteiger partial charge >= 0.3 is 6.18 Å².